The number of aromatic amines is 1. The first-order valence-electron chi connectivity index (χ1n) is 9.11. The van der Waals surface area contributed by atoms with Crippen molar-refractivity contribution in [1.29, 1.82) is 0 Å². The first kappa shape index (κ1) is 20.2. The Morgan fingerprint density at radius 1 is 1.23 bits per heavy atom. The van der Waals surface area contributed by atoms with Gasteiger partial charge in [-0.05, 0) is 37.4 Å². The number of aryl methyl sites for hydroxylation is 1. The normalized spacial score (nSPS) is 10.8. The molecule has 0 aliphatic rings. The molecule has 1 amide bonds. The smallest absolute Gasteiger partial charge is 0.269 e. The number of carbonyl (C=O) groups is 1. The van der Waals surface area contributed by atoms with Crippen LogP contribution < -0.4 is 10.9 Å². The Balaban J connectivity index is 1.75. The zero-order valence-corrected chi connectivity index (χ0v) is 17.3. The van der Waals surface area contributed by atoms with Gasteiger partial charge >= 0.3 is 0 Å². The van der Waals surface area contributed by atoms with Gasteiger partial charge in [-0.1, -0.05) is 6.07 Å². The van der Waals surface area contributed by atoms with Gasteiger partial charge in [-0.2, -0.15) is 9.78 Å². The van der Waals surface area contributed by atoms with E-state index in [1.54, 1.807) is 19.9 Å². The van der Waals surface area contributed by atoms with Crippen LogP contribution in [0.3, 0.4) is 0 Å². The van der Waals surface area contributed by atoms with Gasteiger partial charge in [0.1, 0.15) is 11.5 Å². The van der Waals surface area contributed by atoms with Gasteiger partial charge in [0.2, 0.25) is 5.95 Å². The number of amides is 1. The second kappa shape index (κ2) is 7.95. The first-order chi connectivity index (χ1) is 14.8. The fourth-order valence-electron chi connectivity index (χ4n) is 2.83. The van der Waals surface area contributed by atoms with Crippen LogP contribution in [0.2, 0.25) is 0 Å². The maximum Gasteiger partial charge on any atom is 0.269 e. The van der Waals surface area contributed by atoms with Crippen molar-refractivity contribution < 1.29 is 9.72 Å². The number of hydrogen-bond donors (Lipinski definition) is 2. The van der Waals surface area contributed by atoms with E-state index < -0.39 is 10.8 Å². The highest BCUT2D eigenvalue weighted by molar-refractivity contribution is 7.13. The minimum atomic E-state index is -0.536. The lowest BCUT2D eigenvalue weighted by molar-refractivity contribution is -0.384. The van der Waals surface area contributed by atoms with Gasteiger partial charge in [0, 0.05) is 35.0 Å². The quantitative estimate of drug-likeness (QED) is 0.363. The number of nitrogens with one attached hydrogen (secondary N) is 2. The highest BCUT2D eigenvalue weighted by atomic mass is 32.1. The average molecular weight is 436 g/mol. The topological polar surface area (TPSA) is 136 Å². The Morgan fingerprint density at radius 2 is 1.97 bits per heavy atom. The lowest BCUT2D eigenvalue weighted by Crippen LogP contribution is -2.20. The van der Waals surface area contributed by atoms with Crippen LogP contribution in [-0.4, -0.2) is 30.6 Å². The van der Waals surface area contributed by atoms with Crippen LogP contribution in [0.15, 0.2) is 52.6 Å². The van der Waals surface area contributed by atoms with Gasteiger partial charge in [-0.15, -0.1) is 11.3 Å². The predicted molar refractivity (Wildman–Crippen MR) is 116 cm³/mol. The zero-order valence-electron chi connectivity index (χ0n) is 16.4. The maximum atomic E-state index is 12.8. The van der Waals surface area contributed by atoms with Gasteiger partial charge in [0.25, 0.3) is 17.2 Å². The van der Waals surface area contributed by atoms with Crippen LogP contribution in [0, 0.1) is 24.0 Å². The lowest BCUT2D eigenvalue weighted by atomic mass is 10.2. The van der Waals surface area contributed by atoms with E-state index >= 15 is 0 Å². The summed E-state index contributed by atoms with van der Waals surface area (Å²) in [6, 6.07) is 10.7. The molecule has 11 heteroatoms. The molecule has 1 aromatic carbocycles. The Bertz CT molecular complexity index is 1340. The summed E-state index contributed by atoms with van der Waals surface area (Å²) in [5.41, 5.74) is 1.44. The van der Waals surface area contributed by atoms with Crippen molar-refractivity contribution in [3.63, 3.8) is 0 Å². The molecule has 0 unspecified atom stereocenters. The van der Waals surface area contributed by atoms with E-state index in [0.29, 0.717) is 17.0 Å². The molecule has 156 valence electrons. The molecule has 0 aliphatic carbocycles. The number of aromatic nitrogens is 4. The second-order valence-electron chi connectivity index (χ2n) is 6.66. The van der Waals surface area contributed by atoms with Crippen molar-refractivity contribution >= 4 is 28.7 Å². The van der Waals surface area contributed by atoms with E-state index in [4.69, 9.17) is 0 Å². The number of H-pyrrole nitrogens is 1. The summed E-state index contributed by atoms with van der Waals surface area (Å²) in [5, 5.41) is 20.0. The Morgan fingerprint density at radius 3 is 2.58 bits per heavy atom. The van der Waals surface area contributed by atoms with Crippen LogP contribution in [-0.2, 0) is 0 Å². The molecule has 0 saturated heterocycles. The minimum Gasteiger partial charge on any atom is -0.306 e. The van der Waals surface area contributed by atoms with E-state index in [9.17, 15) is 19.7 Å². The van der Waals surface area contributed by atoms with Crippen molar-refractivity contribution in [2.75, 3.05) is 5.32 Å². The molecule has 0 bridgehead atoms. The number of hydrogen-bond acceptors (Lipinski definition) is 7. The van der Waals surface area contributed by atoms with Gasteiger partial charge in [-0.25, -0.2) is 4.98 Å². The SMILES string of the molecule is Cc1nc(-n2nc(-c3cccs3)cc2NC(=O)c2ccc([N+](=O)[O-])cc2)[nH]c(=O)c1C. The third kappa shape index (κ3) is 3.98. The molecule has 0 radical (unpaired) electrons. The van der Waals surface area contributed by atoms with Gasteiger partial charge in [0.05, 0.1) is 9.80 Å². The predicted octanol–water partition coefficient (Wildman–Crippen LogP) is 3.46. The molecule has 3 heterocycles. The molecular weight excluding hydrogens is 420 g/mol. The Kier molecular flexibility index (Phi) is 5.17. The maximum absolute atomic E-state index is 12.8. The molecule has 31 heavy (non-hydrogen) atoms. The molecule has 0 spiro atoms. The molecule has 0 saturated carbocycles. The summed E-state index contributed by atoms with van der Waals surface area (Å²) in [4.78, 5) is 43.2. The monoisotopic (exact) mass is 436 g/mol. The molecule has 0 aliphatic heterocycles. The van der Waals surface area contributed by atoms with Gasteiger partial charge < -0.3 is 5.32 Å². The summed E-state index contributed by atoms with van der Waals surface area (Å²) in [6.07, 6.45) is 0. The van der Waals surface area contributed by atoms with Crippen LogP contribution in [0.1, 0.15) is 21.6 Å². The molecular formula is C20H16N6O4S. The fraction of sp³-hybridized carbons (Fsp3) is 0.100. The van der Waals surface area contributed by atoms with E-state index in [-0.39, 0.29) is 28.6 Å². The number of non-ortho nitro benzene ring substituents is 1. The van der Waals surface area contributed by atoms with E-state index in [1.807, 2.05) is 17.5 Å². The van der Waals surface area contributed by atoms with Crippen LogP contribution in [0.5, 0.6) is 0 Å². The van der Waals surface area contributed by atoms with E-state index in [2.05, 4.69) is 20.4 Å². The van der Waals surface area contributed by atoms with Gasteiger partial charge in [-0.3, -0.25) is 24.7 Å². The third-order valence-corrected chi connectivity index (χ3v) is 5.54. The van der Waals surface area contributed by atoms with E-state index in [1.165, 1.54) is 40.3 Å². The number of nitro benzene ring substituents is 1. The second-order valence-corrected chi connectivity index (χ2v) is 7.61. The van der Waals surface area contributed by atoms with Crippen LogP contribution in [0.25, 0.3) is 16.5 Å². The van der Waals surface area contributed by atoms with E-state index in [0.717, 1.165) is 4.88 Å². The third-order valence-electron chi connectivity index (χ3n) is 4.65. The van der Waals surface area contributed by atoms with Crippen molar-refractivity contribution in [3.8, 4) is 16.5 Å². The number of anilines is 1. The van der Waals surface area contributed by atoms with Gasteiger partial charge in [0.15, 0.2) is 0 Å². The number of thiophene rings is 1. The summed E-state index contributed by atoms with van der Waals surface area (Å²) in [6.45, 7) is 3.38. The van der Waals surface area contributed by atoms with Crippen molar-refractivity contribution in [2.45, 2.75) is 13.8 Å². The number of nitrogens with zero attached hydrogens (tertiary/aromatic N) is 4. The molecule has 4 aromatic rings. The molecule has 3 aromatic heterocycles. The summed E-state index contributed by atoms with van der Waals surface area (Å²) < 4.78 is 1.35. The average Bonchev–Trinajstić information content (AvgIpc) is 3.41. The highest BCUT2D eigenvalue weighted by Gasteiger charge is 2.18. The summed E-state index contributed by atoms with van der Waals surface area (Å²) >= 11 is 1.48. The number of benzene rings is 1. The minimum absolute atomic E-state index is 0.113. The first-order valence-corrected chi connectivity index (χ1v) is 9.99. The number of nitro groups is 1. The highest BCUT2D eigenvalue weighted by Crippen LogP contribution is 2.27. The van der Waals surface area contributed by atoms with Crippen LogP contribution >= 0.6 is 11.3 Å². The molecule has 0 atom stereocenters. The summed E-state index contributed by atoms with van der Waals surface area (Å²) in [7, 11) is 0. The Labute approximate surface area is 179 Å². The molecule has 2 N–H and O–H groups in total. The molecule has 0 fully saturated rings. The molecule has 4 rings (SSSR count). The van der Waals surface area contributed by atoms with Crippen LogP contribution in [0.4, 0.5) is 11.5 Å². The lowest BCUT2D eigenvalue weighted by Gasteiger charge is -2.09. The Hall–Kier alpha value is -4.12. The zero-order chi connectivity index (χ0) is 22.1. The van der Waals surface area contributed by atoms with Crippen molar-refractivity contribution in [2.24, 2.45) is 0 Å². The fourth-order valence-corrected chi connectivity index (χ4v) is 3.51. The standard InChI is InChI=1S/C20H16N6O4S/c1-11-12(2)21-20(23-18(11)27)25-17(10-15(24-25)16-4-3-9-31-16)22-19(28)13-5-7-14(8-6-13)26(29)30/h3-10H,1-2H3,(H,22,28)(H,21,23,27). The number of carbonyl (C=O) groups excluding carboxylic acids is 1. The molecule has 10 nitrogen and oxygen atoms in total. The number of rotatable bonds is 5. The van der Waals surface area contributed by atoms with Crippen molar-refractivity contribution in [3.05, 3.63) is 85.1 Å². The summed E-state index contributed by atoms with van der Waals surface area (Å²) in [5.74, 6) is -0.0342. The van der Waals surface area contributed by atoms with Crippen molar-refractivity contribution in [1.82, 2.24) is 19.7 Å². The largest absolute Gasteiger partial charge is 0.306 e.